The Morgan fingerprint density at radius 2 is 1.96 bits per heavy atom. The van der Waals surface area contributed by atoms with E-state index in [4.69, 9.17) is 0 Å². The lowest BCUT2D eigenvalue weighted by atomic mass is 10.1. The summed E-state index contributed by atoms with van der Waals surface area (Å²) in [5.41, 5.74) is 3.03. The van der Waals surface area contributed by atoms with E-state index in [0.717, 1.165) is 29.1 Å². The molecule has 0 saturated heterocycles. The number of aryl methyl sites for hydroxylation is 1. The van der Waals surface area contributed by atoms with Gasteiger partial charge < -0.3 is 15.5 Å². The minimum Gasteiger partial charge on any atom is -0.356 e. The quantitative estimate of drug-likeness (QED) is 0.244. The standard InChI is InChI=1S/C19H28N6OS.HI/c1-24(2)17(26)13-22-19(20-10-11-27-4)21-12-16-14-25(3)23-18(16)15-8-6-5-7-9-15;/h5-9,14H,10-13H2,1-4H3,(H2,20,21,22);1H. The van der Waals surface area contributed by atoms with E-state index in [1.807, 2.05) is 43.6 Å². The molecule has 0 saturated carbocycles. The smallest absolute Gasteiger partial charge is 0.241 e. The molecule has 7 nitrogen and oxygen atoms in total. The average molecular weight is 516 g/mol. The maximum Gasteiger partial charge on any atom is 0.241 e. The summed E-state index contributed by atoms with van der Waals surface area (Å²) in [4.78, 5) is 18.1. The molecule has 0 aliphatic heterocycles. The van der Waals surface area contributed by atoms with E-state index in [1.54, 1.807) is 35.4 Å². The van der Waals surface area contributed by atoms with Crippen LogP contribution in [0.5, 0.6) is 0 Å². The van der Waals surface area contributed by atoms with Gasteiger partial charge in [0.05, 0.1) is 18.8 Å². The van der Waals surface area contributed by atoms with Crippen molar-refractivity contribution in [1.82, 2.24) is 25.3 Å². The van der Waals surface area contributed by atoms with Gasteiger partial charge >= 0.3 is 0 Å². The molecule has 154 valence electrons. The van der Waals surface area contributed by atoms with Crippen LogP contribution in [0.1, 0.15) is 5.56 Å². The van der Waals surface area contributed by atoms with E-state index in [1.165, 1.54) is 0 Å². The Hall–Kier alpha value is -1.75. The monoisotopic (exact) mass is 516 g/mol. The molecule has 0 aliphatic rings. The van der Waals surface area contributed by atoms with Gasteiger partial charge in [-0.15, -0.1) is 24.0 Å². The number of thioether (sulfide) groups is 1. The van der Waals surface area contributed by atoms with Crippen LogP contribution in [0.4, 0.5) is 0 Å². The highest BCUT2D eigenvalue weighted by molar-refractivity contribution is 14.0. The second-order valence-electron chi connectivity index (χ2n) is 6.27. The first-order chi connectivity index (χ1) is 13.0. The average Bonchev–Trinajstić information content (AvgIpc) is 3.04. The summed E-state index contributed by atoms with van der Waals surface area (Å²) < 4.78 is 1.80. The Morgan fingerprint density at radius 3 is 2.61 bits per heavy atom. The summed E-state index contributed by atoms with van der Waals surface area (Å²) in [6, 6.07) is 10.1. The number of guanidine groups is 1. The Bertz CT molecular complexity index is 763. The molecule has 2 N–H and O–H groups in total. The molecule has 0 aliphatic carbocycles. The molecular formula is C19H29IN6OS. The van der Waals surface area contributed by atoms with Gasteiger partial charge in [0.1, 0.15) is 0 Å². The first-order valence-electron chi connectivity index (χ1n) is 8.80. The maximum absolute atomic E-state index is 11.9. The molecule has 9 heteroatoms. The summed E-state index contributed by atoms with van der Waals surface area (Å²) in [6.07, 6.45) is 4.04. The van der Waals surface area contributed by atoms with Gasteiger partial charge in [-0.3, -0.25) is 9.48 Å². The molecule has 1 heterocycles. The number of likely N-dealkylation sites (N-methyl/N-ethyl adjacent to an activating group) is 1. The molecule has 1 aromatic heterocycles. The number of hydrogen-bond donors (Lipinski definition) is 2. The molecule has 0 unspecified atom stereocenters. The molecule has 0 atom stereocenters. The lowest BCUT2D eigenvalue weighted by molar-refractivity contribution is -0.127. The molecule has 0 fully saturated rings. The number of benzene rings is 1. The predicted octanol–water partition coefficient (Wildman–Crippen LogP) is 2.19. The fourth-order valence-electron chi connectivity index (χ4n) is 2.42. The number of amides is 1. The van der Waals surface area contributed by atoms with Crippen molar-refractivity contribution in [2.75, 3.05) is 39.2 Å². The van der Waals surface area contributed by atoms with Gasteiger partial charge in [0.15, 0.2) is 5.96 Å². The minimum atomic E-state index is 0. The zero-order valence-corrected chi connectivity index (χ0v) is 20.0. The number of aliphatic imine (C=N–C) groups is 1. The van der Waals surface area contributed by atoms with Gasteiger partial charge in [0, 0.05) is 50.8 Å². The molecule has 1 amide bonds. The van der Waals surface area contributed by atoms with Crippen molar-refractivity contribution in [2.45, 2.75) is 6.54 Å². The van der Waals surface area contributed by atoms with Crippen molar-refractivity contribution in [3.63, 3.8) is 0 Å². The summed E-state index contributed by atoms with van der Waals surface area (Å²) in [5, 5.41) is 11.0. The van der Waals surface area contributed by atoms with Crippen LogP contribution in [-0.4, -0.2) is 65.7 Å². The molecule has 0 bridgehead atoms. The maximum atomic E-state index is 11.9. The topological polar surface area (TPSA) is 74.5 Å². The molecule has 2 aromatic rings. The van der Waals surface area contributed by atoms with Crippen LogP contribution in [0.25, 0.3) is 11.3 Å². The minimum absolute atomic E-state index is 0. The van der Waals surface area contributed by atoms with E-state index < -0.39 is 0 Å². The van der Waals surface area contributed by atoms with Gasteiger partial charge in [-0.2, -0.15) is 16.9 Å². The van der Waals surface area contributed by atoms with Gasteiger partial charge in [0.2, 0.25) is 5.91 Å². The molecule has 0 radical (unpaired) electrons. The summed E-state index contributed by atoms with van der Waals surface area (Å²) in [5.74, 6) is 1.59. The van der Waals surface area contributed by atoms with Crippen LogP contribution in [0, 0.1) is 0 Å². The number of halogens is 1. The van der Waals surface area contributed by atoms with Gasteiger partial charge in [0.25, 0.3) is 0 Å². The number of nitrogens with zero attached hydrogens (tertiary/aromatic N) is 4. The SMILES string of the molecule is CSCCNC(=NCc1cn(C)nc1-c1ccccc1)NCC(=O)N(C)C.I. The van der Waals surface area contributed by atoms with E-state index in [-0.39, 0.29) is 36.4 Å². The van der Waals surface area contributed by atoms with Crippen molar-refractivity contribution in [2.24, 2.45) is 12.0 Å². The van der Waals surface area contributed by atoms with Gasteiger partial charge in [-0.05, 0) is 6.26 Å². The first kappa shape index (κ1) is 24.3. The Balaban J connectivity index is 0.00000392. The molecular weight excluding hydrogens is 487 g/mol. The lowest BCUT2D eigenvalue weighted by Gasteiger charge is -2.14. The molecule has 0 spiro atoms. The normalized spacial score (nSPS) is 10.9. The number of carbonyl (C=O) groups excluding carboxylic acids is 1. The van der Waals surface area contributed by atoms with Crippen LogP contribution in [0.3, 0.4) is 0 Å². The number of carbonyl (C=O) groups is 1. The zero-order chi connectivity index (χ0) is 19.6. The van der Waals surface area contributed by atoms with Crippen LogP contribution in [0.2, 0.25) is 0 Å². The van der Waals surface area contributed by atoms with Crippen LogP contribution in [-0.2, 0) is 18.4 Å². The Labute approximate surface area is 188 Å². The number of nitrogens with one attached hydrogen (secondary N) is 2. The largest absolute Gasteiger partial charge is 0.356 e. The second-order valence-corrected chi connectivity index (χ2v) is 7.25. The fourth-order valence-corrected chi connectivity index (χ4v) is 2.73. The van der Waals surface area contributed by atoms with E-state index in [0.29, 0.717) is 12.5 Å². The van der Waals surface area contributed by atoms with Crippen molar-refractivity contribution in [3.05, 3.63) is 42.1 Å². The highest BCUT2D eigenvalue weighted by Crippen LogP contribution is 2.22. The number of aromatic nitrogens is 2. The van der Waals surface area contributed by atoms with Crippen molar-refractivity contribution in [1.29, 1.82) is 0 Å². The number of rotatable bonds is 8. The van der Waals surface area contributed by atoms with E-state index >= 15 is 0 Å². The van der Waals surface area contributed by atoms with Crippen molar-refractivity contribution < 1.29 is 4.79 Å². The van der Waals surface area contributed by atoms with Crippen molar-refractivity contribution >= 4 is 47.6 Å². The fraction of sp³-hybridized carbons (Fsp3) is 0.421. The lowest BCUT2D eigenvalue weighted by Crippen LogP contribution is -2.43. The van der Waals surface area contributed by atoms with Crippen LogP contribution < -0.4 is 10.6 Å². The molecule has 28 heavy (non-hydrogen) atoms. The van der Waals surface area contributed by atoms with Crippen LogP contribution in [0.15, 0.2) is 41.5 Å². The Morgan fingerprint density at radius 1 is 1.25 bits per heavy atom. The summed E-state index contributed by atoms with van der Waals surface area (Å²) in [6.45, 7) is 1.46. The van der Waals surface area contributed by atoms with Gasteiger partial charge in [-0.1, -0.05) is 30.3 Å². The third-order valence-corrected chi connectivity index (χ3v) is 4.48. The first-order valence-corrected chi connectivity index (χ1v) is 10.2. The summed E-state index contributed by atoms with van der Waals surface area (Å²) in [7, 11) is 5.39. The summed E-state index contributed by atoms with van der Waals surface area (Å²) >= 11 is 1.76. The van der Waals surface area contributed by atoms with E-state index in [2.05, 4.69) is 27.0 Å². The zero-order valence-electron chi connectivity index (χ0n) is 16.8. The predicted molar refractivity (Wildman–Crippen MR) is 128 cm³/mol. The third-order valence-electron chi connectivity index (χ3n) is 3.86. The van der Waals surface area contributed by atoms with E-state index in [9.17, 15) is 4.79 Å². The Kier molecular flexibility index (Phi) is 11.0. The number of hydrogen-bond acceptors (Lipinski definition) is 4. The molecule has 1 aromatic carbocycles. The van der Waals surface area contributed by atoms with Gasteiger partial charge in [-0.25, -0.2) is 4.99 Å². The highest BCUT2D eigenvalue weighted by atomic mass is 127. The second kappa shape index (κ2) is 12.7. The molecule has 2 rings (SSSR count). The van der Waals surface area contributed by atoms with Crippen LogP contribution >= 0.6 is 35.7 Å². The van der Waals surface area contributed by atoms with Crippen molar-refractivity contribution in [3.8, 4) is 11.3 Å². The third kappa shape index (κ3) is 7.70. The highest BCUT2D eigenvalue weighted by Gasteiger charge is 2.11.